The Hall–Kier alpha value is -2.35. The summed E-state index contributed by atoms with van der Waals surface area (Å²) in [4.78, 5) is 2.56. The lowest BCUT2D eigenvalue weighted by Crippen LogP contribution is -2.33. The first-order chi connectivity index (χ1) is 17.2. The minimum Gasteiger partial charge on any atom is -0.496 e. The zero-order valence-corrected chi connectivity index (χ0v) is 21.7. The molecule has 2 aliphatic heterocycles. The molecule has 6 nitrogen and oxygen atoms in total. The van der Waals surface area contributed by atoms with Crippen molar-refractivity contribution >= 4 is 11.8 Å². The molecule has 0 saturated carbocycles. The third-order valence-electron chi connectivity index (χ3n) is 7.17. The summed E-state index contributed by atoms with van der Waals surface area (Å²) in [6.07, 6.45) is 4.88. The van der Waals surface area contributed by atoms with Crippen LogP contribution >= 0.6 is 11.8 Å². The molecule has 2 aromatic carbocycles. The van der Waals surface area contributed by atoms with E-state index in [0.717, 1.165) is 74.5 Å². The smallest absolute Gasteiger partial charge is 0.191 e. The van der Waals surface area contributed by atoms with Crippen molar-refractivity contribution < 1.29 is 9.47 Å². The maximum absolute atomic E-state index is 5.85. The molecule has 1 aromatic heterocycles. The number of aryl methyl sites for hydroxylation is 1. The van der Waals surface area contributed by atoms with E-state index in [-0.39, 0.29) is 0 Å². The number of nitrogens with zero attached hydrogens (tertiary/aromatic N) is 4. The predicted molar refractivity (Wildman–Crippen MR) is 140 cm³/mol. The van der Waals surface area contributed by atoms with Gasteiger partial charge in [-0.1, -0.05) is 54.2 Å². The molecule has 35 heavy (non-hydrogen) atoms. The molecule has 2 aliphatic rings. The van der Waals surface area contributed by atoms with Gasteiger partial charge in [0, 0.05) is 24.8 Å². The molecule has 0 aliphatic carbocycles. The van der Waals surface area contributed by atoms with Crippen LogP contribution in [0.4, 0.5) is 0 Å². The molecule has 2 fully saturated rings. The fourth-order valence-corrected chi connectivity index (χ4v) is 6.22. The highest BCUT2D eigenvalue weighted by molar-refractivity contribution is 7.99. The molecule has 0 radical (unpaired) electrons. The second kappa shape index (κ2) is 11.6. The maximum atomic E-state index is 5.85. The molecule has 3 heterocycles. The van der Waals surface area contributed by atoms with Crippen molar-refractivity contribution in [3.8, 4) is 5.75 Å². The standard InChI is InChI=1S/C28H36N4O2S/c1-21-17-23(10-11-26(21)33-2)18-31-14-12-24(13-15-31)27-29-30-28(35-20-25-9-6-16-34-25)32(27)19-22-7-4-3-5-8-22/h3-5,7-8,10-11,17,24-25H,6,9,12-16,18-20H2,1-2H3. The van der Waals surface area contributed by atoms with Crippen molar-refractivity contribution in [3.63, 3.8) is 0 Å². The summed E-state index contributed by atoms with van der Waals surface area (Å²) in [6.45, 7) is 6.96. The normalized spacial score (nSPS) is 19.3. The summed E-state index contributed by atoms with van der Waals surface area (Å²) < 4.78 is 13.6. The van der Waals surface area contributed by atoms with Gasteiger partial charge in [-0.25, -0.2) is 0 Å². The topological polar surface area (TPSA) is 52.4 Å². The van der Waals surface area contributed by atoms with E-state index in [1.807, 2.05) is 0 Å². The van der Waals surface area contributed by atoms with E-state index in [2.05, 4.69) is 70.0 Å². The Morgan fingerprint density at radius 2 is 1.83 bits per heavy atom. The van der Waals surface area contributed by atoms with Crippen molar-refractivity contribution in [2.45, 2.75) is 62.9 Å². The number of methoxy groups -OCH3 is 1. The van der Waals surface area contributed by atoms with Gasteiger partial charge in [-0.2, -0.15) is 0 Å². The molecule has 0 bridgehead atoms. The van der Waals surface area contributed by atoms with Gasteiger partial charge in [0.25, 0.3) is 0 Å². The molecule has 0 amide bonds. The molecule has 1 atom stereocenters. The van der Waals surface area contributed by atoms with Crippen molar-refractivity contribution in [1.29, 1.82) is 0 Å². The monoisotopic (exact) mass is 492 g/mol. The fourth-order valence-electron chi connectivity index (χ4n) is 5.21. The summed E-state index contributed by atoms with van der Waals surface area (Å²) in [7, 11) is 1.73. The van der Waals surface area contributed by atoms with Gasteiger partial charge < -0.3 is 14.0 Å². The molecule has 186 valence electrons. The highest BCUT2D eigenvalue weighted by Gasteiger charge is 2.27. The van der Waals surface area contributed by atoms with E-state index in [9.17, 15) is 0 Å². The Balaban J connectivity index is 1.26. The van der Waals surface area contributed by atoms with Gasteiger partial charge >= 0.3 is 0 Å². The van der Waals surface area contributed by atoms with Crippen molar-refractivity contribution in [2.75, 3.05) is 32.6 Å². The number of ether oxygens (including phenoxy) is 2. The fraction of sp³-hybridized carbons (Fsp3) is 0.500. The van der Waals surface area contributed by atoms with Crippen molar-refractivity contribution in [2.24, 2.45) is 0 Å². The molecule has 0 spiro atoms. The molecular weight excluding hydrogens is 456 g/mol. The van der Waals surface area contributed by atoms with E-state index in [1.54, 1.807) is 18.9 Å². The highest BCUT2D eigenvalue weighted by atomic mass is 32.2. The number of piperidine rings is 1. The SMILES string of the molecule is COc1ccc(CN2CCC(c3nnc(SCC4CCCO4)n3Cc3ccccc3)CC2)cc1C. The number of likely N-dealkylation sites (tertiary alicyclic amines) is 1. The van der Waals surface area contributed by atoms with Crippen LogP contribution in [0, 0.1) is 6.92 Å². The van der Waals surface area contributed by atoms with E-state index < -0.39 is 0 Å². The van der Waals surface area contributed by atoms with Crippen molar-refractivity contribution in [3.05, 3.63) is 71.0 Å². The van der Waals surface area contributed by atoms with Crippen LogP contribution in [-0.2, 0) is 17.8 Å². The van der Waals surface area contributed by atoms with E-state index in [1.165, 1.54) is 23.1 Å². The van der Waals surface area contributed by atoms with Crippen LogP contribution in [0.5, 0.6) is 5.75 Å². The third-order valence-corrected chi connectivity index (χ3v) is 8.27. The summed E-state index contributed by atoms with van der Waals surface area (Å²) >= 11 is 1.80. The molecular formula is C28H36N4O2S. The molecule has 5 rings (SSSR count). The van der Waals surface area contributed by atoms with Crippen LogP contribution in [0.1, 0.15) is 54.1 Å². The largest absolute Gasteiger partial charge is 0.496 e. The highest BCUT2D eigenvalue weighted by Crippen LogP contribution is 2.32. The minimum atomic E-state index is 0.343. The van der Waals surface area contributed by atoms with Gasteiger partial charge in [-0.05, 0) is 68.5 Å². The number of hydrogen-bond acceptors (Lipinski definition) is 6. The summed E-state index contributed by atoms with van der Waals surface area (Å²) in [5, 5.41) is 10.4. The van der Waals surface area contributed by atoms with Crippen LogP contribution in [0.15, 0.2) is 53.7 Å². The van der Waals surface area contributed by atoms with Crippen LogP contribution in [0.2, 0.25) is 0 Å². The predicted octanol–water partition coefficient (Wildman–Crippen LogP) is 5.29. The number of hydrogen-bond donors (Lipinski definition) is 0. The average molecular weight is 493 g/mol. The molecule has 3 aromatic rings. The number of benzene rings is 2. The lowest BCUT2D eigenvalue weighted by molar-refractivity contribution is 0.129. The van der Waals surface area contributed by atoms with Crippen LogP contribution < -0.4 is 4.74 Å². The van der Waals surface area contributed by atoms with E-state index >= 15 is 0 Å². The van der Waals surface area contributed by atoms with Gasteiger partial charge in [0.1, 0.15) is 11.6 Å². The maximum Gasteiger partial charge on any atom is 0.191 e. The first kappa shape index (κ1) is 24.3. The van der Waals surface area contributed by atoms with Crippen molar-refractivity contribution in [1.82, 2.24) is 19.7 Å². The molecule has 1 unspecified atom stereocenters. The Morgan fingerprint density at radius 3 is 2.54 bits per heavy atom. The summed E-state index contributed by atoms with van der Waals surface area (Å²) in [5.41, 5.74) is 3.84. The third kappa shape index (κ3) is 6.08. The Labute approximate surface area is 213 Å². The zero-order valence-electron chi connectivity index (χ0n) is 20.9. The summed E-state index contributed by atoms with van der Waals surface area (Å²) in [6, 6.07) is 17.2. The lowest BCUT2D eigenvalue weighted by atomic mass is 9.95. The number of aromatic nitrogens is 3. The van der Waals surface area contributed by atoms with E-state index in [4.69, 9.17) is 14.6 Å². The van der Waals surface area contributed by atoms with Crippen LogP contribution in [-0.4, -0.2) is 58.3 Å². The molecule has 7 heteroatoms. The minimum absolute atomic E-state index is 0.343. The van der Waals surface area contributed by atoms with E-state index in [0.29, 0.717) is 12.0 Å². The zero-order chi connectivity index (χ0) is 24.0. The Morgan fingerprint density at radius 1 is 1.00 bits per heavy atom. The van der Waals surface area contributed by atoms with Gasteiger partial charge in [0.15, 0.2) is 5.16 Å². The first-order valence-corrected chi connectivity index (χ1v) is 13.8. The second-order valence-corrected chi connectivity index (χ2v) is 10.7. The Bertz CT molecular complexity index is 1090. The van der Waals surface area contributed by atoms with Crippen LogP contribution in [0.3, 0.4) is 0 Å². The number of rotatable bonds is 9. The van der Waals surface area contributed by atoms with Crippen LogP contribution in [0.25, 0.3) is 0 Å². The average Bonchev–Trinajstić information content (AvgIpc) is 3.54. The lowest BCUT2D eigenvalue weighted by Gasteiger charge is -2.32. The van der Waals surface area contributed by atoms with Gasteiger partial charge in [0.05, 0.1) is 19.8 Å². The quantitative estimate of drug-likeness (QED) is 0.378. The molecule has 0 N–H and O–H groups in total. The Kier molecular flexibility index (Phi) is 8.06. The second-order valence-electron chi connectivity index (χ2n) is 9.71. The first-order valence-electron chi connectivity index (χ1n) is 12.8. The van der Waals surface area contributed by atoms with Gasteiger partial charge in [-0.3, -0.25) is 4.90 Å². The number of thioether (sulfide) groups is 1. The van der Waals surface area contributed by atoms with Gasteiger partial charge in [0.2, 0.25) is 0 Å². The molecule has 2 saturated heterocycles. The summed E-state index contributed by atoms with van der Waals surface area (Å²) in [5.74, 6) is 3.49. The van der Waals surface area contributed by atoms with Gasteiger partial charge in [-0.15, -0.1) is 10.2 Å².